The standard InChI is InChI=1S/C36H23NO/c1-2-9-24(10-3-1)26-19-22-34-32(23-26)29-11-4-6-15-33(29)37(34)27-20-17-25(18-21-27)28-13-8-14-31-30-12-5-7-16-35(30)38-36(28)31/h1-23H. The van der Waals surface area contributed by atoms with E-state index in [0.717, 1.165) is 38.8 Å². The lowest BCUT2D eigenvalue weighted by Crippen LogP contribution is -1.93. The van der Waals surface area contributed by atoms with Gasteiger partial charge in [-0.3, -0.25) is 0 Å². The molecule has 0 aliphatic rings. The summed E-state index contributed by atoms with van der Waals surface area (Å²) in [5.41, 5.74) is 10.1. The van der Waals surface area contributed by atoms with E-state index in [0.29, 0.717) is 0 Å². The van der Waals surface area contributed by atoms with Gasteiger partial charge in [0, 0.05) is 32.8 Å². The number of furan rings is 1. The summed E-state index contributed by atoms with van der Waals surface area (Å²) >= 11 is 0. The van der Waals surface area contributed by atoms with Crippen molar-refractivity contribution in [2.24, 2.45) is 0 Å². The fraction of sp³-hybridized carbons (Fsp3) is 0. The molecule has 2 nitrogen and oxygen atoms in total. The van der Waals surface area contributed by atoms with Gasteiger partial charge in [0.1, 0.15) is 11.2 Å². The Hall–Kier alpha value is -5.08. The molecule has 0 N–H and O–H groups in total. The summed E-state index contributed by atoms with van der Waals surface area (Å²) in [6.45, 7) is 0. The smallest absolute Gasteiger partial charge is 0.143 e. The van der Waals surface area contributed by atoms with E-state index in [1.54, 1.807) is 0 Å². The number of aromatic nitrogens is 1. The van der Waals surface area contributed by atoms with E-state index in [-0.39, 0.29) is 0 Å². The van der Waals surface area contributed by atoms with Gasteiger partial charge in [-0.1, -0.05) is 103 Å². The normalized spacial score (nSPS) is 11.7. The number of rotatable bonds is 3. The lowest BCUT2D eigenvalue weighted by atomic mass is 10.0. The Morgan fingerprint density at radius 3 is 1.97 bits per heavy atom. The molecule has 0 fully saturated rings. The molecule has 0 aliphatic heterocycles. The molecule has 178 valence electrons. The molecule has 0 atom stereocenters. The second-order valence-electron chi connectivity index (χ2n) is 9.78. The quantitative estimate of drug-likeness (QED) is 0.243. The predicted octanol–water partition coefficient (Wildman–Crippen LogP) is 10.0. The van der Waals surface area contributed by atoms with Crippen molar-refractivity contribution in [2.75, 3.05) is 0 Å². The van der Waals surface area contributed by atoms with Crippen molar-refractivity contribution in [3.8, 4) is 27.9 Å². The van der Waals surface area contributed by atoms with E-state index < -0.39 is 0 Å². The number of nitrogens with zero attached hydrogens (tertiary/aromatic N) is 1. The van der Waals surface area contributed by atoms with E-state index in [4.69, 9.17) is 4.42 Å². The van der Waals surface area contributed by atoms with Crippen LogP contribution < -0.4 is 0 Å². The van der Waals surface area contributed by atoms with Gasteiger partial charge in [0.25, 0.3) is 0 Å². The van der Waals surface area contributed by atoms with Crippen molar-refractivity contribution in [3.05, 3.63) is 140 Å². The van der Waals surface area contributed by atoms with Gasteiger partial charge in [-0.15, -0.1) is 0 Å². The molecule has 38 heavy (non-hydrogen) atoms. The van der Waals surface area contributed by atoms with Crippen LogP contribution in [-0.4, -0.2) is 4.57 Å². The van der Waals surface area contributed by atoms with Crippen LogP contribution in [0.2, 0.25) is 0 Å². The van der Waals surface area contributed by atoms with E-state index in [1.807, 2.05) is 12.1 Å². The maximum atomic E-state index is 6.30. The largest absolute Gasteiger partial charge is 0.455 e. The Labute approximate surface area is 220 Å². The highest BCUT2D eigenvalue weighted by Gasteiger charge is 2.15. The average molecular weight is 486 g/mol. The van der Waals surface area contributed by atoms with Gasteiger partial charge in [-0.2, -0.15) is 0 Å². The molecule has 2 heteroatoms. The van der Waals surface area contributed by atoms with Crippen molar-refractivity contribution in [1.29, 1.82) is 0 Å². The van der Waals surface area contributed by atoms with Crippen molar-refractivity contribution in [1.82, 2.24) is 4.57 Å². The fourth-order valence-electron chi connectivity index (χ4n) is 5.83. The van der Waals surface area contributed by atoms with Crippen molar-refractivity contribution in [2.45, 2.75) is 0 Å². The third kappa shape index (κ3) is 3.14. The minimum atomic E-state index is 0.923. The Balaban J connectivity index is 1.28. The van der Waals surface area contributed by atoms with Crippen molar-refractivity contribution >= 4 is 43.7 Å². The maximum Gasteiger partial charge on any atom is 0.143 e. The predicted molar refractivity (Wildman–Crippen MR) is 159 cm³/mol. The Morgan fingerprint density at radius 2 is 1.11 bits per heavy atom. The third-order valence-electron chi connectivity index (χ3n) is 7.62. The molecule has 2 heterocycles. The van der Waals surface area contributed by atoms with Crippen molar-refractivity contribution < 1.29 is 4.42 Å². The molecule has 8 rings (SSSR count). The van der Waals surface area contributed by atoms with E-state index >= 15 is 0 Å². The van der Waals surface area contributed by atoms with Gasteiger partial charge in [-0.05, 0) is 53.1 Å². The molecule has 0 aliphatic carbocycles. The van der Waals surface area contributed by atoms with Gasteiger partial charge < -0.3 is 8.98 Å². The van der Waals surface area contributed by atoms with Crippen LogP contribution in [0.5, 0.6) is 0 Å². The fourth-order valence-corrected chi connectivity index (χ4v) is 5.83. The van der Waals surface area contributed by atoms with Crippen LogP contribution in [0.3, 0.4) is 0 Å². The SMILES string of the molecule is c1ccc(-c2ccc3c(c2)c2ccccc2n3-c2ccc(-c3cccc4c3oc3ccccc34)cc2)cc1. The topological polar surface area (TPSA) is 18.1 Å². The summed E-state index contributed by atoms with van der Waals surface area (Å²) in [5, 5.41) is 4.83. The van der Waals surface area contributed by atoms with E-state index in [2.05, 4.69) is 132 Å². The van der Waals surface area contributed by atoms with Crippen LogP contribution in [0.25, 0.3) is 71.7 Å². The second-order valence-corrected chi connectivity index (χ2v) is 9.78. The summed E-state index contributed by atoms with van der Waals surface area (Å²) in [5.74, 6) is 0. The minimum absolute atomic E-state index is 0.923. The summed E-state index contributed by atoms with van der Waals surface area (Å²) in [4.78, 5) is 0. The Morgan fingerprint density at radius 1 is 0.421 bits per heavy atom. The molecule has 0 radical (unpaired) electrons. The molecule has 6 aromatic carbocycles. The van der Waals surface area contributed by atoms with Gasteiger partial charge in [0.15, 0.2) is 0 Å². The van der Waals surface area contributed by atoms with E-state index in [9.17, 15) is 0 Å². The number of hydrogen-bond acceptors (Lipinski definition) is 1. The van der Waals surface area contributed by atoms with Crippen LogP contribution >= 0.6 is 0 Å². The molecule has 0 saturated carbocycles. The minimum Gasteiger partial charge on any atom is -0.455 e. The Bertz CT molecular complexity index is 2110. The van der Waals surface area contributed by atoms with Crippen LogP contribution in [0.4, 0.5) is 0 Å². The zero-order chi connectivity index (χ0) is 25.1. The van der Waals surface area contributed by atoms with Crippen molar-refractivity contribution in [3.63, 3.8) is 0 Å². The molecule has 0 saturated heterocycles. The Kier molecular flexibility index (Phi) is 4.55. The second kappa shape index (κ2) is 8.22. The first-order chi connectivity index (χ1) is 18.8. The zero-order valence-corrected chi connectivity index (χ0v) is 20.6. The van der Waals surface area contributed by atoms with Gasteiger partial charge >= 0.3 is 0 Å². The summed E-state index contributed by atoms with van der Waals surface area (Å²) < 4.78 is 8.66. The first-order valence-corrected chi connectivity index (χ1v) is 12.9. The van der Waals surface area contributed by atoms with E-state index in [1.165, 1.54) is 32.9 Å². The molecular weight excluding hydrogens is 462 g/mol. The summed E-state index contributed by atoms with van der Waals surface area (Å²) in [7, 11) is 0. The number of fused-ring (bicyclic) bond motifs is 6. The number of benzene rings is 6. The molecule has 0 amide bonds. The molecule has 2 aromatic heterocycles. The molecule has 0 spiro atoms. The number of hydrogen-bond donors (Lipinski definition) is 0. The highest BCUT2D eigenvalue weighted by Crippen LogP contribution is 2.38. The summed E-state index contributed by atoms with van der Waals surface area (Å²) in [6.07, 6.45) is 0. The molecular formula is C36H23NO. The van der Waals surface area contributed by atoms with Crippen LogP contribution in [0.1, 0.15) is 0 Å². The third-order valence-corrected chi connectivity index (χ3v) is 7.62. The lowest BCUT2D eigenvalue weighted by molar-refractivity contribution is 0.670. The van der Waals surface area contributed by atoms with Crippen LogP contribution in [0, 0.1) is 0 Å². The first-order valence-electron chi connectivity index (χ1n) is 12.9. The molecule has 8 aromatic rings. The lowest BCUT2D eigenvalue weighted by Gasteiger charge is -2.10. The van der Waals surface area contributed by atoms with Gasteiger partial charge in [0.2, 0.25) is 0 Å². The number of para-hydroxylation sites is 3. The molecule has 0 unspecified atom stereocenters. The zero-order valence-electron chi connectivity index (χ0n) is 20.6. The highest BCUT2D eigenvalue weighted by molar-refractivity contribution is 6.11. The van der Waals surface area contributed by atoms with Gasteiger partial charge in [0.05, 0.1) is 11.0 Å². The first kappa shape index (κ1) is 21.0. The van der Waals surface area contributed by atoms with Crippen LogP contribution in [-0.2, 0) is 0 Å². The average Bonchev–Trinajstić information content (AvgIpc) is 3.53. The summed E-state index contributed by atoms with van der Waals surface area (Å²) in [6, 6.07) is 49.5. The molecule has 0 bridgehead atoms. The van der Waals surface area contributed by atoms with Gasteiger partial charge in [-0.25, -0.2) is 0 Å². The highest BCUT2D eigenvalue weighted by atomic mass is 16.3. The van der Waals surface area contributed by atoms with Crippen LogP contribution in [0.15, 0.2) is 144 Å². The monoisotopic (exact) mass is 485 g/mol. The maximum absolute atomic E-state index is 6.30.